The zero-order valence-electron chi connectivity index (χ0n) is 11.2. The number of ketones is 1. The molecule has 1 unspecified atom stereocenters. The van der Waals surface area contributed by atoms with Crippen molar-refractivity contribution in [3.8, 4) is 0 Å². The number of benzene rings is 1. The van der Waals surface area contributed by atoms with Crippen molar-refractivity contribution < 1.29 is 9.21 Å². The van der Waals surface area contributed by atoms with Crippen molar-refractivity contribution in [1.82, 2.24) is 0 Å². The number of furan rings is 1. The first-order valence-electron chi connectivity index (χ1n) is 6.44. The van der Waals surface area contributed by atoms with E-state index in [1.807, 2.05) is 0 Å². The van der Waals surface area contributed by atoms with Gasteiger partial charge < -0.3 is 10.2 Å². The average Bonchev–Trinajstić information content (AvgIpc) is 2.77. The standard InChI is InChI=1S/C15H18ClNO2/c1-9(2)5-11(8-17)15(18)14-7-10-6-12(16)3-4-13(10)19-14/h3-4,6-7,9,11H,5,8,17H2,1-2H3. The zero-order valence-corrected chi connectivity index (χ0v) is 11.9. The molecule has 1 atom stereocenters. The van der Waals surface area contributed by atoms with E-state index in [2.05, 4.69) is 13.8 Å². The van der Waals surface area contributed by atoms with E-state index >= 15 is 0 Å². The monoisotopic (exact) mass is 279 g/mol. The summed E-state index contributed by atoms with van der Waals surface area (Å²) < 4.78 is 5.59. The van der Waals surface area contributed by atoms with E-state index in [-0.39, 0.29) is 11.7 Å². The number of carbonyl (C=O) groups is 1. The Morgan fingerprint density at radius 1 is 1.37 bits per heavy atom. The average molecular weight is 280 g/mol. The van der Waals surface area contributed by atoms with Gasteiger partial charge in [-0.2, -0.15) is 0 Å². The summed E-state index contributed by atoms with van der Waals surface area (Å²) in [4.78, 5) is 12.4. The molecule has 2 N–H and O–H groups in total. The van der Waals surface area contributed by atoms with Crippen LogP contribution >= 0.6 is 11.6 Å². The van der Waals surface area contributed by atoms with Gasteiger partial charge in [-0.25, -0.2) is 0 Å². The van der Waals surface area contributed by atoms with E-state index in [0.29, 0.717) is 28.8 Å². The molecule has 0 bridgehead atoms. The molecule has 0 radical (unpaired) electrons. The molecule has 4 heteroatoms. The molecule has 3 nitrogen and oxygen atoms in total. The summed E-state index contributed by atoms with van der Waals surface area (Å²) in [6.45, 7) is 4.50. The van der Waals surface area contributed by atoms with E-state index < -0.39 is 0 Å². The second kappa shape index (κ2) is 5.76. The zero-order chi connectivity index (χ0) is 14.0. The van der Waals surface area contributed by atoms with Crippen molar-refractivity contribution in [2.45, 2.75) is 20.3 Å². The molecule has 0 saturated carbocycles. The van der Waals surface area contributed by atoms with Gasteiger partial charge in [0, 0.05) is 22.9 Å². The lowest BCUT2D eigenvalue weighted by atomic mass is 9.92. The lowest BCUT2D eigenvalue weighted by molar-refractivity contribution is 0.0882. The summed E-state index contributed by atoms with van der Waals surface area (Å²) in [6, 6.07) is 7.05. The Hall–Kier alpha value is -1.32. The topological polar surface area (TPSA) is 56.2 Å². The number of rotatable bonds is 5. The van der Waals surface area contributed by atoms with Crippen LogP contribution in [0.4, 0.5) is 0 Å². The number of halogens is 1. The van der Waals surface area contributed by atoms with Gasteiger partial charge in [0.2, 0.25) is 5.78 Å². The van der Waals surface area contributed by atoms with Gasteiger partial charge in [0.05, 0.1) is 0 Å². The summed E-state index contributed by atoms with van der Waals surface area (Å²) in [5.41, 5.74) is 6.37. The Labute approximate surface area is 117 Å². The summed E-state index contributed by atoms with van der Waals surface area (Å²) in [6.07, 6.45) is 0.771. The maximum absolute atomic E-state index is 12.4. The molecule has 0 spiro atoms. The van der Waals surface area contributed by atoms with Crippen LogP contribution in [0.1, 0.15) is 30.8 Å². The molecule has 102 valence electrons. The highest BCUT2D eigenvalue weighted by Gasteiger charge is 2.23. The van der Waals surface area contributed by atoms with Gasteiger partial charge >= 0.3 is 0 Å². The molecule has 2 rings (SSSR count). The summed E-state index contributed by atoms with van der Waals surface area (Å²) in [5, 5.41) is 1.47. The minimum absolute atomic E-state index is 0.0245. The molecule has 0 saturated heterocycles. The number of hydrogen-bond acceptors (Lipinski definition) is 3. The number of fused-ring (bicyclic) bond motifs is 1. The van der Waals surface area contributed by atoms with Gasteiger partial charge in [-0.05, 0) is 36.6 Å². The molecule has 1 aromatic carbocycles. The van der Waals surface area contributed by atoms with Gasteiger partial charge in [-0.3, -0.25) is 4.79 Å². The number of Topliss-reactive ketones (excluding diaryl/α,β-unsaturated/α-hetero) is 1. The van der Waals surface area contributed by atoms with Crippen LogP contribution < -0.4 is 5.73 Å². The number of carbonyl (C=O) groups excluding carboxylic acids is 1. The molecule has 0 amide bonds. The van der Waals surface area contributed by atoms with Gasteiger partial charge in [0.15, 0.2) is 5.76 Å². The molecule has 2 aromatic rings. The van der Waals surface area contributed by atoms with Crippen molar-refractivity contribution in [2.24, 2.45) is 17.6 Å². The minimum atomic E-state index is -0.184. The van der Waals surface area contributed by atoms with Crippen molar-refractivity contribution in [1.29, 1.82) is 0 Å². The van der Waals surface area contributed by atoms with Gasteiger partial charge in [-0.1, -0.05) is 25.4 Å². The first-order valence-corrected chi connectivity index (χ1v) is 6.82. The van der Waals surface area contributed by atoms with Crippen molar-refractivity contribution in [2.75, 3.05) is 6.54 Å². The molecular formula is C15H18ClNO2. The second-order valence-corrected chi connectivity index (χ2v) is 5.66. The fourth-order valence-corrected chi connectivity index (χ4v) is 2.40. The van der Waals surface area contributed by atoms with E-state index in [1.165, 1.54) is 0 Å². The first-order chi connectivity index (χ1) is 9.01. The molecule has 1 heterocycles. The lowest BCUT2D eigenvalue weighted by Crippen LogP contribution is -2.25. The fourth-order valence-electron chi connectivity index (χ4n) is 2.22. The molecular weight excluding hydrogens is 262 g/mol. The Balaban J connectivity index is 2.29. The highest BCUT2D eigenvalue weighted by atomic mass is 35.5. The van der Waals surface area contributed by atoms with Crippen LogP contribution in [0.5, 0.6) is 0 Å². The normalized spacial score (nSPS) is 13.1. The minimum Gasteiger partial charge on any atom is -0.453 e. The van der Waals surface area contributed by atoms with Crippen LogP contribution in [0.2, 0.25) is 5.02 Å². The molecule has 0 aliphatic rings. The predicted octanol–water partition coefficient (Wildman–Crippen LogP) is 3.89. The molecule has 0 aliphatic heterocycles. The fraction of sp³-hybridized carbons (Fsp3) is 0.400. The smallest absolute Gasteiger partial charge is 0.202 e. The quantitative estimate of drug-likeness (QED) is 0.845. The van der Waals surface area contributed by atoms with E-state index in [9.17, 15) is 4.79 Å². The maximum atomic E-state index is 12.4. The Morgan fingerprint density at radius 2 is 2.11 bits per heavy atom. The van der Waals surface area contributed by atoms with Crippen LogP contribution in [-0.2, 0) is 0 Å². The molecule has 0 aliphatic carbocycles. The van der Waals surface area contributed by atoms with Crippen LogP contribution in [0, 0.1) is 11.8 Å². The molecule has 19 heavy (non-hydrogen) atoms. The highest BCUT2D eigenvalue weighted by Crippen LogP contribution is 2.25. The largest absolute Gasteiger partial charge is 0.453 e. The Morgan fingerprint density at radius 3 is 2.74 bits per heavy atom. The van der Waals surface area contributed by atoms with E-state index in [1.54, 1.807) is 24.3 Å². The summed E-state index contributed by atoms with van der Waals surface area (Å²) in [5.74, 6) is 0.587. The maximum Gasteiger partial charge on any atom is 0.202 e. The molecule has 1 aromatic heterocycles. The van der Waals surface area contributed by atoms with E-state index in [0.717, 1.165) is 11.8 Å². The summed E-state index contributed by atoms with van der Waals surface area (Å²) >= 11 is 5.92. The van der Waals surface area contributed by atoms with Crippen LogP contribution in [0.25, 0.3) is 11.0 Å². The highest BCUT2D eigenvalue weighted by molar-refractivity contribution is 6.31. The van der Waals surface area contributed by atoms with Gasteiger partial charge in [-0.15, -0.1) is 0 Å². The van der Waals surface area contributed by atoms with Crippen LogP contribution in [0.3, 0.4) is 0 Å². The predicted molar refractivity (Wildman–Crippen MR) is 77.6 cm³/mol. The third-order valence-corrected chi connectivity index (χ3v) is 3.37. The van der Waals surface area contributed by atoms with Crippen molar-refractivity contribution >= 4 is 28.4 Å². The Kier molecular flexibility index (Phi) is 4.27. The molecule has 0 fully saturated rings. The van der Waals surface area contributed by atoms with Gasteiger partial charge in [0.1, 0.15) is 5.58 Å². The van der Waals surface area contributed by atoms with Crippen LogP contribution in [-0.4, -0.2) is 12.3 Å². The van der Waals surface area contributed by atoms with Crippen molar-refractivity contribution in [3.63, 3.8) is 0 Å². The summed E-state index contributed by atoms with van der Waals surface area (Å²) in [7, 11) is 0. The Bertz CT molecular complexity index is 589. The third-order valence-electron chi connectivity index (χ3n) is 3.13. The third kappa shape index (κ3) is 3.17. The number of nitrogens with two attached hydrogens (primary N) is 1. The van der Waals surface area contributed by atoms with Crippen molar-refractivity contribution in [3.05, 3.63) is 35.0 Å². The van der Waals surface area contributed by atoms with Gasteiger partial charge in [0.25, 0.3) is 0 Å². The SMILES string of the molecule is CC(C)CC(CN)C(=O)c1cc2cc(Cl)ccc2o1. The first kappa shape index (κ1) is 14.1. The van der Waals surface area contributed by atoms with E-state index in [4.69, 9.17) is 21.8 Å². The van der Waals surface area contributed by atoms with Crippen LogP contribution in [0.15, 0.2) is 28.7 Å². The second-order valence-electron chi connectivity index (χ2n) is 5.22. The number of hydrogen-bond donors (Lipinski definition) is 1. The lowest BCUT2D eigenvalue weighted by Gasteiger charge is -2.14.